The van der Waals surface area contributed by atoms with E-state index in [1.165, 1.54) is 0 Å². The Hall–Kier alpha value is 0.657. The van der Waals surface area contributed by atoms with Gasteiger partial charge in [-0.05, 0) is 11.5 Å². The van der Waals surface area contributed by atoms with Crippen molar-refractivity contribution in [3.63, 3.8) is 0 Å². The van der Waals surface area contributed by atoms with Crippen LogP contribution in [0.4, 0.5) is 0 Å². The molecule has 1 N–H and O–H groups in total. The van der Waals surface area contributed by atoms with Crippen LogP contribution in [-0.4, -0.2) is 24.2 Å². The van der Waals surface area contributed by atoms with E-state index < -0.39 is 8.07 Å². The molecule has 0 rings (SSSR count). The summed E-state index contributed by atoms with van der Waals surface area (Å²) in [7, 11) is -1.50. The van der Waals surface area contributed by atoms with Gasteiger partial charge in [0.15, 0.2) is 0 Å². The molecule has 0 saturated carbocycles. The van der Waals surface area contributed by atoms with Crippen molar-refractivity contribution in [2.75, 3.05) is 5.33 Å². The molecule has 0 heterocycles. The largest absolute Gasteiger partial charge is 0.396 e. The number of hydrogen-bond acceptors (Lipinski definition) is 1. The second kappa shape index (κ2) is 4.25. The van der Waals surface area contributed by atoms with Crippen LogP contribution in [0.1, 0.15) is 27.2 Å². The van der Waals surface area contributed by atoms with Crippen LogP contribution in [0.3, 0.4) is 0 Å². The molecule has 0 saturated heterocycles. The molecule has 1 nitrogen and oxygen atoms in total. The minimum Gasteiger partial charge on any atom is -0.396 e. The normalized spacial score (nSPS) is 16.2. The van der Waals surface area contributed by atoms with Crippen LogP contribution < -0.4 is 0 Å². The predicted octanol–water partition coefficient (Wildman–Crippen LogP) is 3.18. The van der Waals surface area contributed by atoms with Gasteiger partial charge in [0.05, 0.1) is 8.07 Å². The van der Waals surface area contributed by atoms with Crippen LogP contribution in [-0.2, 0) is 0 Å². The highest BCUT2D eigenvalue weighted by atomic mass is 79.9. The monoisotopic (exact) mass is 252 g/mol. The molecule has 0 bridgehead atoms. The molecule has 1 atom stereocenters. The van der Waals surface area contributed by atoms with Gasteiger partial charge in [-0.1, -0.05) is 49.8 Å². The Morgan fingerprint density at radius 2 is 1.75 bits per heavy atom. The highest BCUT2D eigenvalue weighted by Crippen LogP contribution is 2.38. The topological polar surface area (TPSA) is 20.2 Å². The summed E-state index contributed by atoms with van der Waals surface area (Å²) in [5.41, 5.74) is -0.0862. The van der Waals surface area contributed by atoms with Gasteiger partial charge in [0.2, 0.25) is 0 Å². The average molecular weight is 253 g/mol. The standard InChI is InChI=1S/C9H21BrOSi/c1-9(2,3)12(4,5)8(11)6-7-10/h8,11H,6-7H2,1-5H3. The summed E-state index contributed by atoms with van der Waals surface area (Å²) in [4.78, 5) is 0. The fourth-order valence-corrected chi connectivity index (χ4v) is 3.69. The van der Waals surface area contributed by atoms with E-state index in [-0.39, 0.29) is 10.8 Å². The molecule has 0 fully saturated rings. The van der Waals surface area contributed by atoms with E-state index in [1.807, 2.05) is 0 Å². The van der Waals surface area contributed by atoms with Crippen LogP contribution in [0.2, 0.25) is 18.1 Å². The highest BCUT2D eigenvalue weighted by Gasteiger charge is 2.40. The minimum absolute atomic E-state index is 0.0862. The van der Waals surface area contributed by atoms with Crippen molar-refractivity contribution in [2.24, 2.45) is 0 Å². The third kappa shape index (κ3) is 2.86. The summed E-state index contributed by atoms with van der Waals surface area (Å²) in [6.45, 7) is 11.2. The van der Waals surface area contributed by atoms with Crippen molar-refractivity contribution in [1.82, 2.24) is 0 Å². The molecule has 0 aliphatic carbocycles. The lowest BCUT2D eigenvalue weighted by Gasteiger charge is -2.40. The molecule has 0 aliphatic heterocycles. The molecule has 12 heavy (non-hydrogen) atoms. The number of hydrogen-bond donors (Lipinski definition) is 1. The lowest BCUT2D eigenvalue weighted by molar-refractivity contribution is 0.235. The number of aliphatic hydroxyl groups is 1. The van der Waals surface area contributed by atoms with Crippen molar-refractivity contribution >= 4 is 24.0 Å². The Bertz CT molecular complexity index is 140. The fraction of sp³-hybridized carbons (Fsp3) is 1.00. The van der Waals surface area contributed by atoms with Crippen LogP contribution >= 0.6 is 15.9 Å². The quantitative estimate of drug-likeness (QED) is 0.605. The van der Waals surface area contributed by atoms with E-state index in [1.54, 1.807) is 0 Å². The van der Waals surface area contributed by atoms with Gasteiger partial charge >= 0.3 is 0 Å². The number of alkyl halides is 1. The van der Waals surface area contributed by atoms with Gasteiger partial charge in [-0.2, -0.15) is 0 Å². The van der Waals surface area contributed by atoms with Crippen molar-refractivity contribution in [3.05, 3.63) is 0 Å². The summed E-state index contributed by atoms with van der Waals surface area (Å²) < 4.78 is 0. The minimum atomic E-state index is -1.50. The summed E-state index contributed by atoms with van der Waals surface area (Å²) in [6, 6.07) is 0. The molecule has 0 spiro atoms. The van der Waals surface area contributed by atoms with Crippen LogP contribution in [0.15, 0.2) is 0 Å². The second-order valence-corrected chi connectivity index (χ2v) is 11.4. The maximum Gasteiger partial charge on any atom is 0.0865 e. The van der Waals surface area contributed by atoms with E-state index in [2.05, 4.69) is 49.8 Å². The first kappa shape index (κ1) is 12.7. The van der Waals surface area contributed by atoms with Gasteiger partial charge in [-0.15, -0.1) is 0 Å². The van der Waals surface area contributed by atoms with Crippen molar-refractivity contribution in [3.8, 4) is 0 Å². The van der Waals surface area contributed by atoms with Gasteiger partial charge in [0, 0.05) is 11.1 Å². The third-order valence-electron chi connectivity index (χ3n) is 3.15. The first-order chi connectivity index (χ1) is 5.23. The highest BCUT2D eigenvalue weighted by molar-refractivity contribution is 9.09. The first-order valence-electron chi connectivity index (χ1n) is 4.47. The Morgan fingerprint density at radius 1 is 1.33 bits per heavy atom. The average Bonchev–Trinajstić information content (AvgIpc) is 1.85. The lowest BCUT2D eigenvalue weighted by Crippen LogP contribution is -2.49. The molecule has 3 heteroatoms. The van der Waals surface area contributed by atoms with Crippen molar-refractivity contribution in [2.45, 2.75) is 51.1 Å². The van der Waals surface area contributed by atoms with Gasteiger partial charge in [-0.3, -0.25) is 0 Å². The van der Waals surface area contributed by atoms with Crippen molar-refractivity contribution in [1.29, 1.82) is 0 Å². The molecular formula is C9H21BrOSi. The molecule has 1 unspecified atom stereocenters. The zero-order valence-electron chi connectivity index (χ0n) is 8.82. The summed E-state index contributed by atoms with van der Waals surface area (Å²) in [5, 5.41) is 11.1. The zero-order valence-corrected chi connectivity index (χ0v) is 11.4. The van der Waals surface area contributed by atoms with E-state index >= 15 is 0 Å². The molecule has 0 aliphatic rings. The number of rotatable bonds is 3. The maximum atomic E-state index is 9.94. The second-order valence-electron chi connectivity index (χ2n) is 4.97. The number of aliphatic hydroxyl groups excluding tert-OH is 1. The van der Waals surface area contributed by atoms with E-state index in [0.717, 1.165) is 11.8 Å². The molecule has 74 valence electrons. The van der Waals surface area contributed by atoms with E-state index in [9.17, 15) is 5.11 Å². The predicted molar refractivity (Wildman–Crippen MR) is 61.6 cm³/mol. The Balaban J connectivity index is 4.38. The number of halogens is 1. The first-order valence-corrected chi connectivity index (χ1v) is 8.67. The van der Waals surface area contributed by atoms with Gasteiger partial charge < -0.3 is 5.11 Å². The third-order valence-corrected chi connectivity index (χ3v) is 9.43. The fourth-order valence-electron chi connectivity index (χ4n) is 0.964. The smallest absolute Gasteiger partial charge is 0.0865 e. The van der Waals surface area contributed by atoms with Crippen LogP contribution in [0.25, 0.3) is 0 Å². The van der Waals surface area contributed by atoms with Gasteiger partial charge in [0.1, 0.15) is 0 Å². The SMILES string of the molecule is CC(C)(C)[Si](C)(C)C(O)CCBr. The Labute approximate surface area is 85.7 Å². The van der Waals surface area contributed by atoms with Gasteiger partial charge in [-0.25, -0.2) is 0 Å². The molecule has 0 radical (unpaired) electrons. The summed E-state index contributed by atoms with van der Waals surface area (Å²) >= 11 is 3.37. The van der Waals surface area contributed by atoms with Crippen LogP contribution in [0, 0.1) is 0 Å². The molecule has 0 amide bonds. The van der Waals surface area contributed by atoms with Crippen LogP contribution in [0.5, 0.6) is 0 Å². The molecular weight excluding hydrogens is 232 g/mol. The molecule has 0 aromatic rings. The summed E-state index contributed by atoms with van der Waals surface area (Å²) in [5.74, 6) is 0. The maximum absolute atomic E-state index is 9.94. The zero-order chi connectivity index (χ0) is 9.99. The lowest BCUT2D eigenvalue weighted by atomic mass is 10.2. The van der Waals surface area contributed by atoms with E-state index in [4.69, 9.17) is 0 Å². The van der Waals surface area contributed by atoms with Gasteiger partial charge in [0.25, 0.3) is 0 Å². The Kier molecular flexibility index (Phi) is 4.48. The van der Waals surface area contributed by atoms with E-state index in [0.29, 0.717) is 0 Å². The molecule has 0 aromatic carbocycles. The Morgan fingerprint density at radius 3 is 2.00 bits per heavy atom. The summed E-state index contributed by atoms with van der Waals surface area (Å²) in [6.07, 6.45) is 0.885. The van der Waals surface area contributed by atoms with Crippen molar-refractivity contribution < 1.29 is 5.11 Å². The molecule has 0 aromatic heterocycles.